The van der Waals surface area contributed by atoms with Crippen molar-refractivity contribution in [2.45, 2.75) is 135 Å². The van der Waals surface area contributed by atoms with Crippen LogP contribution in [0.4, 0.5) is 4.79 Å². The lowest BCUT2D eigenvalue weighted by Crippen LogP contribution is -2.41. The number of amides is 3. The molecule has 0 spiro atoms. The quantitative estimate of drug-likeness (QED) is 0.0337. The van der Waals surface area contributed by atoms with Crippen molar-refractivity contribution in [2.75, 3.05) is 13.1 Å². The third-order valence-corrected chi connectivity index (χ3v) is 10.4. The van der Waals surface area contributed by atoms with E-state index in [1.807, 2.05) is 48.5 Å². The molecule has 2 heterocycles. The number of aromatic nitrogens is 2. The van der Waals surface area contributed by atoms with Gasteiger partial charge in [0.25, 0.3) is 0 Å². The average molecular weight is 811 g/mol. The first-order valence-corrected chi connectivity index (χ1v) is 21.3. The Balaban J connectivity index is 1.07. The second kappa shape index (κ2) is 25.8. The highest BCUT2D eigenvalue weighted by molar-refractivity contribution is 5.83. The van der Waals surface area contributed by atoms with Crippen molar-refractivity contribution < 1.29 is 34.2 Å². The number of carbonyl (C=O) groups is 5. The summed E-state index contributed by atoms with van der Waals surface area (Å²) < 4.78 is 0. The van der Waals surface area contributed by atoms with Crippen LogP contribution in [0.15, 0.2) is 72.8 Å². The van der Waals surface area contributed by atoms with E-state index in [0.29, 0.717) is 64.7 Å². The summed E-state index contributed by atoms with van der Waals surface area (Å²) in [5, 5.41) is 29.0. The summed E-state index contributed by atoms with van der Waals surface area (Å²) in [6.45, 7) is 4.25. The Kier molecular flexibility index (Phi) is 20.3. The maximum atomic E-state index is 12.7. The number of rotatable bonds is 29. The topological polar surface area (TPSA) is 191 Å². The van der Waals surface area contributed by atoms with Crippen molar-refractivity contribution in [2.24, 2.45) is 0 Å². The van der Waals surface area contributed by atoms with Crippen LogP contribution in [0.2, 0.25) is 0 Å². The Hall–Kier alpha value is -5.43. The van der Waals surface area contributed by atoms with Crippen molar-refractivity contribution in [3.63, 3.8) is 0 Å². The van der Waals surface area contributed by atoms with Crippen molar-refractivity contribution >= 4 is 51.5 Å². The Morgan fingerprint density at radius 1 is 0.610 bits per heavy atom. The summed E-state index contributed by atoms with van der Waals surface area (Å²) in [6, 6.07) is 22.9. The molecule has 2 atom stereocenters. The molecule has 4 rings (SSSR count). The minimum absolute atomic E-state index is 0.0123. The molecule has 3 amide bonds. The molecule has 2 unspecified atom stereocenters. The van der Waals surface area contributed by atoms with Gasteiger partial charge >= 0.3 is 18.0 Å². The molecule has 0 saturated heterocycles. The highest BCUT2D eigenvalue weighted by atomic mass is 16.4. The number of para-hydroxylation sites is 2. The second-order valence-corrected chi connectivity index (χ2v) is 15.5. The summed E-state index contributed by atoms with van der Waals surface area (Å²) in [7, 11) is 0. The average Bonchev–Trinajstić information content (AvgIpc) is 3.21. The number of fused-ring (bicyclic) bond motifs is 2. The molecule has 0 radical (unpaired) electrons. The number of hydrogen-bond acceptors (Lipinski definition) is 8. The van der Waals surface area contributed by atoms with Gasteiger partial charge < -0.3 is 26.2 Å². The molecule has 13 heteroatoms. The van der Waals surface area contributed by atoms with Gasteiger partial charge in [-0.2, -0.15) is 0 Å². The number of ketones is 1. The van der Waals surface area contributed by atoms with E-state index in [1.54, 1.807) is 6.92 Å². The third-order valence-electron chi connectivity index (χ3n) is 10.4. The van der Waals surface area contributed by atoms with Gasteiger partial charge in [-0.05, 0) is 89.1 Å². The lowest BCUT2D eigenvalue weighted by molar-refractivity contribution is -0.142. The number of urea groups is 1. The number of Topliss-reactive ketones (excluding diaryl/α,β-unsaturated/α-hetero) is 1. The fourth-order valence-corrected chi connectivity index (χ4v) is 7.05. The molecule has 318 valence electrons. The van der Waals surface area contributed by atoms with E-state index in [-0.39, 0.29) is 36.6 Å². The molecule has 5 N–H and O–H groups in total. The van der Waals surface area contributed by atoms with Gasteiger partial charge in [0.15, 0.2) is 0 Å². The number of unbranched alkanes of at least 4 members (excludes halogenated alkanes) is 7. The number of carbonyl (C=O) groups excluding carboxylic acids is 3. The van der Waals surface area contributed by atoms with Gasteiger partial charge in [0.1, 0.15) is 11.8 Å². The first-order valence-electron chi connectivity index (χ1n) is 21.3. The zero-order valence-electron chi connectivity index (χ0n) is 34.5. The lowest BCUT2D eigenvalue weighted by atomic mass is 10.0. The minimum Gasteiger partial charge on any atom is -0.481 e. The number of aliphatic carboxylic acids is 2. The fraction of sp³-hybridized carbons (Fsp3) is 0.500. The zero-order chi connectivity index (χ0) is 42.2. The molecule has 0 aliphatic heterocycles. The number of benzene rings is 2. The van der Waals surface area contributed by atoms with Crippen LogP contribution < -0.4 is 16.0 Å². The largest absolute Gasteiger partial charge is 0.481 e. The van der Waals surface area contributed by atoms with Crippen molar-refractivity contribution in [3.05, 3.63) is 84.2 Å². The molecule has 0 fully saturated rings. The van der Waals surface area contributed by atoms with E-state index < -0.39 is 18.0 Å². The number of nitrogens with one attached hydrogen (secondary N) is 3. The van der Waals surface area contributed by atoms with Gasteiger partial charge in [-0.15, -0.1) is 0 Å². The first-order chi connectivity index (χ1) is 28.5. The zero-order valence-corrected chi connectivity index (χ0v) is 34.5. The summed E-state index contributed by atoms with van der Waals surface area (Å²) in [6.07, 6.45) is 9.89. The summed E-state index contributed by atoms with van der Waals surface area (Å²) in [5.41, 5.74) is 3.79. The maximum Gasteiger partial charge on any atom is 0.326 e. The molecule has 0 aliphatic carbocycles. The van der Waals surface area contributed by atoms with Crippen LogP contribution in [-0.4, -0.2) is 79.9 Å². The third kappa shape index (κ3) is 18.4. The van der Waals surface area contributed by atoms with Gasteiger partial charge in [0.2, 0.25) is 5.91 Å². The minimum atomic E-state index is -1.03. The van der Waals surface area contributed by atoms with E-state index in [4.69, 9.17) is 15.1 Å². The molecule has 2 aromatic heterocycles. The molecule has 13 nitrogen and oxygen atoms in total. The standard InChI is InChI=1S/C46H62N6O7/c1-34(24-29-44(55)56)48-46(59)47-30-14-5-4-7-19-39(53)18-6-2-3-8-23-43(54)51-42(45(57)58)22-13-15-31-52(32-37-27-25-35-16-9-11-20-40(35)49-37)33-38-28-26-36-17-10-12-21-41(36)50-38/h9-12,16-17,20-21,25-28,34,42H,2-8,13-15,18-19,22-24,29-33H2,1H3,(H,51,54)(H,55,56)(H,57,58)(H2,47,48,59). The lowest BCUT2D eigenvalue weighted by Gasteiger charge is -2.22. The van der Waals surface area contributed by atoms with Crippen molar-refractivity contribution in [1.29, 1.82) is 0 Å². The summed E-state index contributed by atoms with van der Waals surface area (Å²) in [5.74, 6) is -1.95. The SMILES string of the molecule is CC(CCC(=O)O)NC(=O)NCCCCCCC(=O)CCCCCCC(=O)NC(CCCCN(Cc1ccc2ccccc2n1)Cc1ccc2ccccc2n1)C(=O)O. The van der Waals surface area contributed by atoms with Gasteiger partial charge in [0, 0.05) is 62.1 Å². The molecular formula is C46H62N6O7. The first kappa shape index (κ1) is 46.3. The van der Waals surface area contributed by atoms with E-state index in [1.165, 1.54) is 0 Å². The number of carboxylic acid groups (broad SMARTS) is 2. The van der Waals surface area contributed by atoms with Gasteiger partial charge in [-0.3, -0.25) is 29.3 Å². The van der Waals surface area contributed by atoms with Crippen molar-refractivity contribution in [3.8, 4) is 0 Å². The Labute approximate surface area is 347 Å². The van der Waals surface area contributed by atoms with Crippen molar-refractivity contribution in [1.82, 2.24) is 30.8 Å². The summed E-state index contributed by atoms with van der Waals surface area (Å²) >= 11 is 0. The summed E-state index contributed by atoms with van der Waals surface area (Å²) in [4.78, 5) is 71.6. The number of pyridine rings is 2. The highest BCUT2D eigenvalue weighted by Crippen LogP contribution is 2.18. The highest BCUT2D eigenvalue weighted by Gasteiger charge is 2.20. The predicted molar refractivity (Wildman–Crippen MR) is 230 cm³/mol. The smallest absolute Gasteiger partial charge is 0.326 e. The normalized spacial score (nSPS) is 12.3. The molecule has 0 saturated carbocycles. The van der Waals surface area contributed by atoms with Gasteiger partial charge in [-0.1, -0.05) is 74.2 Å². The van der Waals surface area contributed by atoms with E-state index >= 15 is 0 Å². The van der Waals surface area contributed by atoms with Crippen LogP contribution >= 0.6 is 0 Å². The van der Waals surface area contributed by atoms with Crippen LogP contribution in [0.5, 0.6) is 0 Å². The van der Waals surface area contributed by atoms with E-state index in [9.17, 15) is 29.1 Å². The van der Waals surface area contributed by atoms with Crippen LogP contribution in [0.1, 0.15) is 121 Å². The van der Waals surface area contributed by atoms with Crippen LogP contribution in [-0.2, 0) is 32.3 Å². The van der Waals surface area contributed by atoms with Crippen LogP contribution in [0.25, 0.3) is 21.8 Å². The van der Waals surface area contributed by atoms with E-state index in [2.05, 4.69) is 45.1 Å². The van der Waals surface area contributed by atoms with Crippen LogP contribution in [0, 0.1) is 0 Å². The van der Waals surface area contributed by atoms with Gasteiger partial charge in [-0.25, -0.2) is 9.59 Å². The Morgan fingerprint density at radius 3 is 1.75 bits per heavy atom. The van der Waals surface area contributed by atoms with Crippen LogP contribution in [0.3, 0.4) is 0 Å². The monoisotopic (exact) mass is 810 g/mol. The second-order valence-electron chi connectivity index (χ2n) is 15.5. The maximum absolute atomic E-state index is 12.7. The predicted octanol–water partition coefficient (Wildman–Crippen LogP) is 7.94. The molecule has 0 bridgehead atoms. The Morgan fingerprint density at radius 2 is 1.17 bits per heavy atom. The molecule has 4 aromatic rings. The molecule has 2 aromatic carbocycles. The molecular weight excluding hydrogens is 749 g/mol. The number of hydrogen-bond donors (Lipinski definition) is 5. The number of carboxylic acids is 2. The van der Waals surface area contributed by atoms with Gasteiger partial charge in [0.05, 0.1) is 22.4 Å². The molecule has 0 aliphatic rings. The Bertz CT molecular complexity index is 1870. The molecule has 59 heavy (non-hydrogen) atoms. The fourth-order valence-electron chi connectivity index (χ4n) is 7.05. The number of nitrogens with zero attached hydrogens (tertiary/aromatic N) is 3. The van der Waals surface area contributed by atoms with E-state index in [0.717, 1.165) is 84.6 Å².